The molecule has 1 aliphatic heterocycles. The van der Waals surface area contributed by atoms with Gasteiger partial charge in [0.05, 0.1) is 11.6 Å². The van der Waals surface area contributed by atoms with Crippen molar-refractivity contribution >= 4 is 0 Å². The van der Waals surface area contributed by atoms with Crippen molar-refractivity contribution in [1.82, 2.24) is 10.2 Å². The SMILES string of the molecule is CCc1ccc(C(c2ccc(C(F)(F)F)cc2)N2CCNCC2)cc1. The van der Waals surface area contributed by atoms with Gasteiger partial charge in [0, 0.05) is 26.2 Å². The fraction of sp³-hybridized carbons (Fsp3) is 0.400. The van der Waals surface area contributed by atoms with Gasteiger partial charge in [-0.15, -0.1) is 0 Å². The van der Waals surface area contributed by atoms with E-state index in [1.165, 1.54) is 17.7 Å². The summed E-state index contributed by atoms with van der Waals surface area (Å²) in [5.41, 5.74) is 2.69. The molecule has 134 valence electrons. The minimum absolute atomic E-state index is 0.0183. The number of piperazine rings is 1. The Hall–Kier alpha value is -1.85. The molecule has 25 heavy (non-hydrogen) atoms. The number of benzene rings is 2. The van der Waals surface area contributed by atoms with Crippen LogP contribution in [-0.2, 0) is 12.6 Å². The summed E-state index contributed by atoms with van der Waals surface area (Å²) in [5.74, 6) is 0. The van der Waals surface area contributed by atoms with E-state index in [1.807, 2.05) is 0 Å². The lowest BCUT2D eigenvalue weighted by atomic mass is 9.94. The van der Waals surface area contributed by atoms with Crippen LogP contribution in [0.3, 0.4) is 0 Å². The van der Waals surface area contributed by atoms with E-state index < -0.39 is 11.7 Å². The molecule has 0 aliphatic carbocycles. The molecule has 0 amide bonds. The molecule has 0 bridgehead atoms. The van der Waals surface area contributed by atoms with Crippen molar-refractivity contribution in [2.75, 3.05) is 26.2 Å². The first-order valence-electron chi connectivity index (χ1n) is 8.70. The molecule has 1 heterocycles. The van der Waals surface area contributed by atoms with E-state index in [1.54, 1.807) is 12.1 Å². The summed E-state index contributed by atoms with van der Waals surface area (Å²) < 4.78 is 38.6. The largest absolute Gasteiger partial charge is 0.416 e. The predicted molar refractivity (Wildman–Crippen MR) is 93.5 cm³/mol. The zero-order valence-corrected chi connectivity index (χ0v) is 14.3. The number of hydrogen-bond donors (Lipinski definition) is 1. The van der Waals surface area contributed by atoms with Crippen LogP contribution in [0.25, 0.3) is 0 Å². The minimum atomic E-state index is -4.30. The van der Waals surface area contributed by atoms with Crippen LogP contribution in [0.5, 0.6) is 0 Å². The third-order valence-corrected chi connectivity index (χ3v) is 4.77. The lowest BCUT2D eigenvalue weighted by molar-refractivity contribution is -0.137. The Kier molecular flexibility index (Phi) is 5.45. The van der Waals surface area contributed by atoms with Gasteiger partial charge in [-0.3, -0.25) is 4.90 Å². The molecule has 0 aromatic heterocycles. The topological polar surface area (TPSA) is 15.3 Å². The average Bonchev–Trinajstić information content (AvgIpc) is 2.63. The third kappa shape index (κ3) is 4.22. The second kappa shape index (κ2) is 7.58. The maximum Gasteiger partial charge on any atom is 0.416 e. The van der Waals surface area contributed by atoms with Crippen molar-refractivity contribution in [3.63, 3.8) is 0 Å². The number of alkyl halides is 3. The monoisotopic (exact) mass is 348 g/mol. The van der Waals surface area contributed by atoms with Crippen LogP contribution in [0.2, 0.25) is 0 Å². The van der Waals surface area contributed by atoms with Crippen molar-refractivity contribution in [3.8, 4) is 0 Å². The zero-order chi connectivity index (χ0) is 17.9. The van der Waals surface area contributed by atoms with Gasteiger partial charge >= 0.3 is 6.18 Å². The van der Waals surface area contributed by atoms with Gasteiger partial charge in [-0.2, -0.15) is 13.2 Å². The van der Waals surface area contributed by atoms with Gasteiger partial charge in [0.15, 0.2) is 0 Å². The normalized spacial score (nSPS) is 17.4. The van der Waals surface area contributed by atoms with E-state index in [2.05, 4.69) is 41.4 Å². The summed E-state index contributed by atoms with van der Waals surface area (Å²) in [6.45, 7) is 5.65. The van der Waals surface area contributed by atoms with Gasteiger partial charge in [0.25, 0.3) is 0 Å². The van der Waals surface area contributed by atoms with Crippen molar-refractivity contribution < 1.29 is 13.2 Å². The Labute approximate surface area is 146 Å². The summed E-state index contributed by atoms with van der Waals surface area (Å²) in [5, 5.41) is 3.33. The second-order valence-electron chi connectivity index (χ2n) is 6.40. The van der Waals surface area contributed by atoms with E-state index in [0.717, 1.165) is 43.7 Å². The Bertz CT molecular complexity index is 672. The van der Waals surface area contributed by atoms with Crippen LogP contribution < -0.4 is 5.32 Å². The van der Waals surface area contributed by atoms with E-state index in [-0.39, 0.29) is 6.04 Å². The molecule has 1 aliphatic rings. The van der Waals surface area contributed by atoms with Crippen LogP contribution in [0.1, 0.15) is 35.2 Å². The van der Waals surface area contributed by atoms with Crippen LogP contribution in [0.4, 0.5) is 13.2 Å². The predicted octanol–water partition coefficient (Wildman–Crippen LogP) is 4.26. The molecular formula is C20H23F3N2. The first-order chi connectivity index (χ1) is 12.0. The van der Waals surface area contributed by atoms with Gasteiger partial charge in [0.1, 0.15) is 0 Å². The highest BCUT2D eigenvalue weighted by Gasteiger charge is 2.31. The van der Waals surface area contributed by atoms with Gasteiger partial charge in [0.2, 0.25) is 0 Å². The molecule has 1 N–H and O–H groups in total. The van der Waals surface area contributed by atoms with Gasteiger partial charge in [-0.1, -0.05) is 43.3 Å². The lowest BCUT2D eigenvalue weighted by Crippen LogP contribution is -2.45. The zero-order valence-electron chi connectivity index (χ0n) is 14.3. The van der Waals surface area contributed by atoms with E-state index in [0.29, 0.717) is 0 Å². The van der Waals surface area contributed by atoms with Gasteiger partial charge < -0.3 is 5.32 Å². The molecule has 1 fully saturated rings. The molecule has 2 aromatic carbocycles. The third-order valence-electron chi connectivity index (χ3n) is 4.77. The quantitative estimate of drug-likeness (QED) is 0.888. The van der Waals surface area contributed by atoms with Gasteiger partial charge in [-0.25, -0.2) is 0 Å². The highest BCUT2D eigenvalue weighted by Crippen LogP contribution is 2.33. The number of nitrogens with zero attached hydrogens (tertiary/aromatic N) is 1. The standard InChI is InChI=1S/C20H23F3N2/c1-2-15-3-5-16(6-4-15)19(25-13-11-24-12-14-25)17-7-9-18(10-8-17)20(21,22)23/h3-10,19,24H,2,11-14H2,1H3. The van der Waals surface area contributed by atoms with Crippen LogP contribution >= 0.6 is 0 Å². The number of nitrogens with one attached hydrogen (secondary N) is 1. The molecule has 1 atom stereocenters. The summed E-state index contributed by atoms with van der Waals surface area (Å²) in [6, 6.07) is 14.0. The summed E-state index contributed by atoms with van der Waals surface area (Å²) in [6.07, 6.45) is -3.33. The van der Waals surface area contributed by atoms with E-state index in [9.17, 15) is 13.2 Å². The number of halogens is 3. The highest BCUT2D eigenvalue weighted by atomic mass is 19.4. The fourth-order valence-electron chi connectivity index (χ4n) is 3.34. The van der Waals surface area contributed by atoms with Crippen molar-refractivity contribution in [2.24, 2.45) is 0 Å². The summed E-state index contributed by atoms with van der Waals surface area (Å²) in [7, 11) is 0. The van der Waals surface area contributed by atoms with E-state index in [4.69, 9.17) is 0 Å². The van der Waals surface area contributed by atoms with Gasteiger partial charge in [-0.05, 0) is 35.2 Å². The van der Waals surface area contributed by atoms with Crippen molar-refractivity contribution in [3.05, 3.63) is 70.8 Å². The minimum Gasteiger partial charge on any atom is -0.314 e. The molecule has 2 nitrogen and oxygen atoms in total. The summed E-state index contributed by atoms with van der Waals surface area (Å²) >= 11 is 0. The summed E-state index contributed by atoms with van der Waals surface area (Å²) in [4.78, 5) is 2.33. The van der Waals surface area contributed by atoms with Crippen LogP contribution in [0, 0.1) is 0 Å². The molecule has 5 heteroatoms. The molecule has 0 spiro atoms. The number of aryl methyl sites for hydroxylation is 1. The first kappa shape index (κ1) is 18.0. The molecule has 2 aromatic rings. The number of hydrogen-bond acceptors (Lipinski definition) is 2. The molecular weight excluding hydrogens is 325 g/mol. The Morgan fingerprint density at radius 3 is 1.92 bits per heavy atom. The Balaban J connectivity index is 1.95. The van der Waals surface area contributed by atoms with E-state index >= 15 is 0 Å². The maximum atomic E-state index is 12.9. The lowest BCUT2D eigenvalue weighted by Gasteiger charge is -2.35. The molecule has 1 unspecified atom stereocenters. The molecule has 1 saturated heterocycles. The van der Waals surface area contributed by atoms with Crippen molar-refractivity contribution in [2.45, 2.75) is 25.6 Å². The van der Waals surface area contributed by atoms with Crippen LogP contribution in [-0.4, -0.2) is 31.1 Å². The Morgan fingerprint density at radius 1 is 0.920 bits per heavy atom. The molecule has 3 rings (SSSR count). The fourth-order valence-corrected chi connectivity index (χ4v) is 3.34. The average molecular weight is 348 g/mol. The Morgan fingerprint density at radius 2 is 1.44 bits per heavy atom. The first-order valence-corrected chi connectivity index (χ1v) is 8.70. The maximum absolute atomic E-state index is 12.9. The van der Waals surface area contributed by atoms with Crippen molar-refractivity contribution in [1.29, 1.82) is 0 Å². The smallest absolute Gasteiger partial charge is 0.314 e. The second-order valence-corrected chi connectivity index (χ2v) is 6.40. The molecule has 0 saturated carbocycles. The van der Waals surface area contributed by atoms with Crippen LogP contribution in [0.15, 0.2) is 48.5 Å². The highest BCUT2D eigenvalue weighted by molar-refractivity contribution is 5.36. The number of rotatable bonds is 4. The molecule has 0 radical (unpaired) electrons.